The summed E-state index contributed by atoms with van der Waals surface area (Å²) in [6, 6.07) is 2.66. The van der Waals surface area contributed by atoms with E-state index in [2.05, 4.69) is 15.0 Å². The van der Waals surface area contributed by atoms with Crippen LogP contribution in [0.5, 0.6) is 0 Å². The van der Waals surface area contributed by atoms with Crippen molar-refractivity contribution in [1.82, 2.24) is 19.9 Å². The van der Waals surface area contributed by atoms with E-state index in [1.165, 1.54) is 32.1 Å². The summed E-state index contributed by atoms with van der Waals surface area (Å²) in [6.45, 7) is 7.43. The third-order valence-corrected chi connectivity index (χ3v) is 8.18. The van der Waals surface area contributed by atoms with Gasteiger partial charge in [0.25, 0.3) is 11.6 Å². The maximum absolute atomic E-state index is 13.4. The molecule has 1 saturated heterocycles. The fourth-order valence-electron chi connectivity index (χ4n) is 7.27. The molecule has 6 heteroatoms. The molecule has 0 atom stereocenters. The number of carbonyl (C=O) groups is 1. The SMILES string of the molecule is Cc1cc(C(=O)N2CCN(C3C4CC5CC(C4)CC3C5)CC2)c2c(C)noc2n1. The molecule has 7 rings (SSSR count). The molecular weight excluding hydrogens is 364 g/mol. The van der Waals surface area contributed by atoms with Crippen molar-refractivity contribution in [1.29, 1.82) is 0 Å². The summed E-state index contributed by atoms with van der Waals surface area (Å²) in [7, 11) is 0. The highest BCUT2D eigenvalue weighted by Crippen LogP contribution is 2.55. The molecule has 0 aromatic carbocycles. The normalized spacial score (nSPS) is 34.3. The zero-order chi connectivity index (χ0) is 19.7. The minimum Gasteiger partial charge on any atom is -0.336 e. The highest BCUT2D eigenvalue weighted by Gasteiger charge is 2.50. The lowest BCUT2D eigenvalue weighted by molar-refractivity contribution is -0.0743. The Kier molecular flexibility index (Phi) is 4.02. The summed E-state index contributed by atoms with van der Waals surface area (Å²) in [5.41, 5.74) is 2.69. The first-order valence-corrected chi connectivity index (χ1v) is 11.3. The Hall–Kier alpha value is -1.95. The van der Waals surface area contributed by atoms with Gasteiger partial charge in [-0.3, -0.25) is 9.69 Å². The fraction of sp³-hybridized carbons (Fsp3) is 0.696. The molecular formula is C23H30N4O2. The van der Waals surface area contributed by atoms with Crippen LogP contribution < -0.4 is 0 Å². The zero-order valence-corrected chi connectivity index (χ0v) is 17.4. The lowest BCUT2D eigenvalue weighted by Gasteiger charge is -2.58. The first-order chi connectivity index (χ1) is 14.1. The third-order valence-electron chi connectivity index (χ3n) is 8.18. The minimum absolute atomic E-state index is 0.0940. The summed E-state index contributed by atoms with van der Waals surface area (Å²) < 4.78 is 5.32. The van der Waals surface area contributed by atoms with Crippen molar-refractivity contribution in [3.8, 4) is 0 Å². The van der Waals surface area contributed by atoms with E-state index in [-0.39, 0.29) is 5.91 Å². The Morgan fingerprint density at radius 1 is 1.00 bits per heavy atom. The highest BCUT2D eigenvalue weighted by atomic mass is 16.5. The predicted molar refractivity (Wildman–Crippen MR) is 110 cm³/mol. The average Bonchev–Trinajstić information content (AvgIpc) is 3.07. The molecule has 2 aromatic rings. The number of pyridine rings is 1. The first kappa shape index (κ1) is 17.9. The first-order valence-electron chi connectivity index (χ1n) is 11.3. The van der Waals surface area contributed by atoms with E-state index in [0.717, 1.165) is 72.7 Å². The second-order valence-electron chi connectivity index (χ2n) is 10.0. The summed E-state index contributed by atoms with van der Waals surface area (Å²) >= 11 is 0. The number of rotatable bonds is 2. The number of hydrogen-bond acceptors (Lipinski definition) is 5. The van der Waals surface area contributed by atoms with Crippen LogP contribution in [0.1, 0.15) is 53.8 Å². The second kappa shape index (κ2) is 6.53. The van der Waals surface area contributed by atoms with Crippen LogP contribution in [0.2, 0.25) is 0 Å². The van der Waals surface area contributed by atoms with Crippen molar-refractivity contribution in [2.75, 3.05) is 26.2 Å². The Balaban J connectivity index is 1.19. The molecule has 5 aliphatic rings. The van der Waals surface area contributed by atoms with Gasteiger partial charge in [-0.05, 0) is 75.7 Å². The summed E-state index contributed by atoms with van der Waals surface area (Å²) in [5.74, 6) is 3.95. The van der Waals surface area contributed by atoms with Crippen molar-refractivity contribution in [3.63, 3.8) is 0 Å². The molecule has 1 amide bonds. The maximum Gasteiger partial charge on any atom is 0.258 e. The molecule has 0 N–H and O–H groups in total. The van der Waals surface area contributed by atoms with E-state index < -0.39 is 0 Å². The highest BCUT2D eigenvalue weighted by molar-refractivity contribution is 6.06. The van der Waals surface area contributed by atoms with Gasteiger partial charge in [0.1, 0.15) is 0 Å². The van der Waals surface area contributed by atoms with Crippen LogP contribution in [0.25, 0.3) is 11.1 Å². The van der Waals surface area contributed by atoms with Gasteiger partial charge in [-0.1, -0.05) is 5.16 Å². The van der Waals surface area contributed by atoms with Crippen molar-refractivity contribution >= 4 is 17.0 Å². The van der Waals surface area contributed by atoms with Gasteiger partial charge in [0, 0.05) is 37.9 Å². The van der Waals surface area contributed by atoms with Gasteiger partial charge in [0.2, 0.25) is 0 Å². The molecule has 3 heterocycles. The average molecular weight is 395 g/mol. The lowest BCUT2D eigenvalue weighted by atomic mass is 9.54. The van der Waals surface area contributed by atoms with Gasteiger partial charge >= 0.3 is 0 Å². The van der Waals surface area contributed by atoms with E-state index in [1.807, 2.05) is 24.8 Å². The van der Waals surface area contributed by atoms with Gasteiger partial charge in [-0.2, -0.15) is 0 Å². The molecule has 5 fully saturated rings. The quantitative estimate of drug-likeness (QED) is 0.781. The van der Waals surface area contributed by atoms with E-state index in [0.29, 0.717) is 11.3 Å². The Morgan fingerprint density at radius 3 is 2.31 bits per heavy atom. The molecule has 0 spiro atoms. The van der Waals surface area contributed by atoms with E-state index in [9.17, 15) is 4.79 Å². The van der Waals surface area contributed by atoms with Gasteiger partial charge < -0.3 is 9.42 Å². The number of carbonyl (C=O) groups excluding carboxylic acids is 1. The molecule has 0 radical (unpaired) electrons. The summed E-state index contributed by atoms with van der Waals surface area (Å²) in [5, 5.41) is 4.79. The zero-order valence-electron chi connectivity index (χ0n) is 17.4. The van der Waals surface area contributed by atoms with Gasteiger partial charge in [0.15, 0.2) is 0 Å². The smallest absolute Gasteiger partial charge is 0.258 e. The Labute approximate surface area is 171 Å². The van der Waals surface area contributed by atoms with Crippen LogP contribution in [0.3, 0.4) is 0 Å². The largest absolute Gasteiger partial charge is 0.336 e. The number of aromatic nitrogens is 2. The third kappa shape index (κ3) is 2.82. The van der Waals surface area contributed by atoms with E-state index >= 15 is 0 Å². The molecule has 4 saturated carbocycles. The number of nitrogens with zero attached hydrogens (tertiary/aromatic N) is 4. The van der Waals surface area contributed by atoms with Gasteiger partial charge in [0.05, 0.1) is 16.6 Å². The monoisotopic (exact) mass is 394 g/mol. The second-order valence-corrected chi connectivity index (χ2v) is 10.0. The topological polar surface area (TPSA) is 62.5 Å². The molecule has 1 aliphatic heterocycles. The van der Waals surface area contributed by atoms with E-state index in [1.54, 1.807) is 0 Å². The molecule has 0 unspecified atom stereocenters. The Morgan fingerprint density at radius 2 is 1.66 bits per heavy atom. The lowest BCUT2D eigenvalue weighted by Crippen LogP contribution is -2.60. The van der Waals surface area contributed by atoms with Crippen molar-refractivity contribution < 1.29 is 9.32 Å². The molecule has 29 heavy (non-hydrogen) atoms. The fourth-order valence-corrected chi connectivity index (χ4v) is 7.27. The van der Waals surface area contributed by atoms with Crippen LogP contribution in [0, 0.1) is 37.5 Å². The van der Waals surface area contributed by atoms with Gasteiger partial charge in [-0.25, -0.2) is 4.98 Å². The summed E-state index contributed by atoms with van der Waals surface area (Å²) in [6.07, 6.45) is 7.33. The van der Waals surface area contributed by atoms with Crippen LogP contribution in [-0.4, -0.2) is 58.1 Å². The van der Waals surface area contributed by atoms with Crippen LogP contribution >= 0.6 is 0 Å². The summed E-state index contributed by atoms with van der Waals surface area (Å²) in [4.78, 5) is 22.5. The van der Waals surface area contributed by atoms with Crippen LogP contribution in [0.15, 0.2) is 10.6 Å². The van der Waals surface area contributed by atoms with Crippen molar-refractivity contribution in [3.05, 3.63) is 23.0 Å². The number of amides is 1. The standard InChI is InChI=1S/C23H30N4O2/c1-13-7-19(20-14(2)25-29-22(20)24-13)23(28)27-5-3-26(4-6-27)21-17-9-15-8-16(11-17)12-18(21)10-15/h7,15-18,21H,3-6,8-12H2,1-2H3. The minimum atomic E-state index is 0.0940. The van der Waals surface area contributed by atoms with Crippen LogP contribution in [-0.2, 0) is 0 Å². The molecule has 4 bridgehead atoms. The molecule has 154 valence electrons. The number of aryl methyl sites for hydroxylation is 2. The van der Waals surface area contributed by atoms with E-state index in [4.69, 9.17) is 4.52 Å². The molecule has 4 aliphatic carbocycles. The number of hydrogen-bond donors (Lipinski definition) is 0. The van der Waals surface area contributed by atoms with Crippen molar-refractivity contribution in [2.24, 2.45) is 23.7 Å². The van der Waals surface area contributed by atoms with Crippen LogP contribution in [0.4, 0.5) is 0 Å². The van der Waals surface area contributed by atoms with Gasteiger partial charge in [-0.15, -0.1) is 0 Å². The molecule has 2 aromatic heterocycles. The predicted octanol–water partition coefficient (Wildman–Crippen LogP) is 3.42. The molecule has 6 nitrogen and oxygen atoms in total. The Bertz CT molecular complexity index is 931. The number of fused-ring (bicyclic) bond motifs is 1. The number of piperazine rings is 1. The van der Waals surface area contributed by atoms with Crippen molar-refractivity contribution in [2.45, 2.75) is 52.0 Å². The maximum atomic E-state index is 13.4.